The van der Waals surface area contributed by atoms with E-state index in [0.29, 0.717) is 30.2 Å². The molecule has 3 rings (SSSR count). The number of esters is 1. The van der Waals surface area contributed by atoms with Gasteiger partial charge in [-0.1, -0.05) is 6.07 Å². The molecule has 0 radical (unpaired) electrons. The molecule has 2 aromatic rings. The van der Waals surface area contributed by atoms with Gasteiger partial charge in [0.15, 0.2) is 0 Å². The Kier molecular flexibility index (Phi) is 5.55. The van der Waals surface area contributed by atoms with E-state index >= 15 is 0 Å². The largest absolute Gasteiger partial charge is 0.465 e. The fourth-order valence-corrected chi connectivity index (χ4v) is 3.21. The Hall–Kier alpha value is -2.12. The van der Waals surface area contributed by atoms with Crippen LogP contribution in [-0.2, 0) is 9.47 Å². The number of carbonyl (C=O) groups excluding carboxylic acids is 1. The van der Waals surface area contributed by atoms with E-state index in [0.717, 1.165) is 29.0 Å². The number of hydrogen-bond acceptors (Lipinski definition) is 6. The molecule has 1 saturated heterocycles. The van der Waals surface area contributed by atoms with Crippen molar-refractivity contribution in [3.05, 3.63) is 45.6 Å². The molecule has 0 N–H and O–H groups in total. The summed E-state index contributed by atoms with van der Waals surface area (Å²) in [4.78, 5) is 18.4. The van der Waals surface area contributed by atoms with Crippen molar-refractivity contribution >= 4 is 39.7 Å². The highest BCUT2D eigenvalue weighted by Gasteiger charge is 2.18. The molecule has 0 unspecified atom stereocenters. The summed E-state index contributed by atoms with van der Waals surface area (Å²) in [7, 11) is 1.37. The fraction of sp³-hybridized carbons (Fsp3) is 0.333. The highest BCUT2D eigenvalue weighted by molar-refractivity contribution is 9.10. The summed E-state index contributed by atoms with van der Waals surface area (Å²) in [6.45, 7) is 4.81. The van der Waals surface area contributed by atoms with Gasteiger partial charge in [-0.3, -0.25) is 4.99 Å². The summed E-state index contributed by atoms with van der Waals surface area (Å²) in [5.41, 5.74) is 1.97. The van der Waals surface area contributed by atoms with Crippen LogP contribution in [0.3, 0.4) is 0 Å². The highest BCUT2D eigenvalue weighted by Crippen LogP contribution is 2.31. The molecule has 1 aliphatic heterocycles. The lowest BCUT2D eigenvalue weighted by Gasteiger charge is -2.26. The van der Waals surface area contributed by atoms with Crippen molar-refractivity contribution in [3.8, 4) is 0 Å². The Bertz CT molecular complexity index is 794. The van der Waals surface area contributed by atoms with Crippen LogP contribution >= 0.6 is 15.9 Å². The number of rotatable bonds is 4. The zero-order valence-electron chi connectivity index (χ0n) is 14.1. The van der Waals surface area contributed by atoms with Crippen LogP contribution in [0, 0.1) is 6.92 Å². The predicted octanol–water partition coefficient (Wildman–Crippen LogP) is 3.72. The average molecular weight is 407 g/mol. The topological polar surface area (TPSA) is 64.3 Å². The van der Waals surface area contributed by atoms with E-state index in [1.54, 1.807) is 18.3 Å². The van der Waals surface area contributed by atoms with Crippen molar-refractivity contribution in [2.24, 2.45) is 4.99 Å². The number of furan rings is 1. The maximum absolute atomic E-state index is 11.8. The lowest BCUT2D eigenvalue weighted by Crippen LogP contribution is -2.36. The number of ether oxygens (including phenoxy) is 2. The summed E-state index contributed by atoms with van der Waals surface area (Å²) < 4.78 is 16.9. The van der Waals surface area contributed by atoms with Gasteiger partial charge >= 0.3 is 5.97 Å². The van der Waals surface area contributed by atoms with Gasteiger partial charge in [-0.05, 0) is 40.5 Å². The van der Waals surface area contributed by atoms with Crippen LogP contribution in [0.4, 0.5) is 11.6 Å². The van der Waals surface area contributed by atoms with Gasteiger partial charge in [0, 0.05) is 19.2 Å². The van der Waals surface area contributed by atoms with Crippen LogP contribution in [0.5, 0.6) is 0 Å². The van der Waals surface area contributed by atoms with Gasteiger partial charge in [-0.2, -0.15) is 0 Å². The average Bonchev–Trinajstić information content (AvgIpc) is 3.01. The third-order valence-corrected chi connectivity index (χ3v) is 4.60. The van der Waals surface area contributed by atoms with E-state index in [9.17, 15) is 4.79 Å². The number of benzene rings is 1. The summed E-state index contributed by atoms with van der Waals surface area (Å²) in [5.74, 6) is 1.05. The molecular weight excluding hydrogens is 388 g/mol. The Morgan fingerprint density at radius 2 is 2.12 bits per heavy atom. The number of morpholine rings is 1. The van der Waals surface area contributed by atoms with Crippen LogP contribution in [0.15, 0.2) is 38.1 Å². The lowest BCUT2D eigenvalue weighted by molar-refractivity contribution is 0.0600. The smallest absolute Gasteiger partial charge is 0.338 e. The van der Waals surface area contributed by atoms with Crippen molar-refractivity contribution < 1.29 is 18.7 Å². The minimum Gasteiger partial charge on any atom is -0.465 e. The monoisotopic (exact) mass is 406 g/mol. The Morgan fingerprint density at radius 1 is 1.36 bits per heavy atom. The molecule has 1 aromatic carbocycles. The van der Waals surface area contributed by atoms with Gasteiger partial charge < -0.3 is 18.8 Å². The number of halogens is 1. The predicted molar refractivity (Wildman–Crippen MR) is 99.2 cm³/mol. The molecule has 2 heterocycles. The zero-order chi connectivity index (χ0) is 17.8. The minimum absolute atomic E-state index is 0.370. The zero-order valence-corrected chi connectivity index (χ0v) is 15.7. The maximum atomic E-state index is 11.8. The van der Waals surface area contributed by atoms with Gasteiger partial charge in [0.1, 0.15) is 5.76 Å². The van der Waals surface area contributed by atoms with E-state index in [1.807, 2.05) is 19.1 Å². The number of aliphatic imine (C=N–C) groups is 1. The maximum Gasteiger partial charge on any atom is 0.338 e. The molecule has 0 atom stereocenters. The molecule has 25 heavy (non-hydrogen) atoms. The summed E-state index contributed by atoms with van der Waals surface area (Å²) >= 11 is 3.53. The van der Waals surface area contributed by atoms with Crippen LogP contribution < -0.4 is 4.90 Å². The van der Waals surface area contributed by atoms with Gasteiger partial charge in [0.25, 0.3) is 0 Å². The van der Waals surface area contributed by atoms with Gasteiger partial charge in [0.05, 0.1) is 42.3 Å². The van der Waals surface area contributed by atoms with Gasteiger partial charge in [-0.15, -0.1) is 0 Å². The van der Waals surface area contributed by atoms with Crippen molar-refractivity contribution in [3.63, 3.8) is 0 Å². The first-order chi connectivity index (χ1) is 12.1. The summed E-state index contributed by atoms with van der Waals surface area (Å²) in [5, 5.41) is 0. The van der Waals surface area contributed by atoms with E-state index in [4.69, 9.17) is 13.9 Å². The summed E-state index contributed by atoms with van der Waals surface area (Å²) in [6.07, 6.45) is 1.65. The standard InChI is InChI=1S/C18H19BrN2O4/c1-12-14(18(22)23-2)4-3-5-16(12)20-11-13-10-15(19)17(25-13)21-6-8-24-9-7-21/h3-5,10-11H,6-9H2,1-2H3. The van der Waals surface area contributed by atoms with Crippen molar-refractivity contribution in [2.45, 2.75) is 6.92 Å². The van der Waals surface area contributed by atoms with Crippen molar-refractivity contribution in [1.82, 2.24) is 0 Å². The molecular formula is C18H19BrN2O4. The van der Waals surface area contributed by atoms with E-state index in [2.05, 4.69) is 25.8 Å². The quantitative estimate of drug-likeness (QED) is 0.571. The molecule has 7 heteroatoms. The first-order valence-electron chi connectivity index (χ1n) is 7.94. The molecule has 0 bridgehead atoms. The molecule has 1 aliphatic rings. The molecule has 0 spiro atoms. The van der Waals surface area contributed by atoms with Crippen molar-refractivity contribution in [1.29, 1.82) is 0 Å². The Morgan fingerprint density at radius 3 is 2.84 bits per heavy atom. The van der Waals surface area contributed by atoms with E-state index in [-0.39, 0.29) is 5.97 Å². The highest BCUT2D eigenvalue weighted by atomic mass is 79.9. The second-order valence-electron chi connectivity index (χ2n) is 5.60. The third kappa shape index (κ3) is 3.93. The number of hydrogen-bond donors (Lipinski definition) is 0. The normalized spacial score (nSPS) is 14.9. The summed E-state index contributed by atoms with van der Waals surface area (Å²) in [6, 6.07) is 7.23. The Labute approximate surface area is 154 Å². The first-order valence-corrected chi connectivity index (χ1v) is 8.73. The fourth-order valence-electron chi connectivity index (χ4n) is 2.65. The number of nitrogens with zero attached hydrogens (tertiary/aromatic N) is 2. The number of anilines is 1. The number of methoxy groups -OCH3 is 1. The Balaban J connectivity index is 1.82. The van der Waals surface area contributed by atoms with Crippen LogP contribution in [-0.4, -0.2) is 45.6 Å². The van der Waals surface area contributed by atoms with E-state index < -0.39 is 0 Å². The van der Waals surface area contributed by atoms with Gasteiger partial charge in [-0.25, -0.2) is 4.79 Å². The van der Waals surface area contributed by atoms with Crippen LogP contribution in [0.1, 0.15) is 21.7 Å². The second-order valence-corrected chi connectivity index (χ2v) is 6.46. The lowest BCUT2D eigenvalue weighted by atomic mass is 10.1. The van der Waals surface area contributed by atoms with Gasteiger partial charge in [0.2, 0.25) is 5.88 Å². The third-order valence-electron chi connectivity index (χ3n) is 4.03. The first kappa shape index (κ1) is 17.7. The molecule has 0 saturated carbocycles. The molecule has 0 amide bonds. The molecule has 132 valence electrons. The number of carbonyl (C=O) groups is 1. The molecule has 0 aliphatic carbocycles. The minimum atomic E-state index is -0.370. The van der Waals surface area contributed by atoms with Crippen molar-refractivity contribution in [2.75, 3.05) is 38.3 Å². The van der Waals surface area contributed by atoms with E-state index in [1.165, 1.54) is 7.11 Å². The second kappa shape index (κ2) is 7.84. The van der Waals surface area contributed by atoms with Crippen LogP contribution in [0.25, 0.3) is 0 Å². The molecule has 6 nitrogen and oxygen atoms in total. The SMILES string of the molecule is COC(=O)c1cccc(N=Cc2cc(Br)c(N3CCOCC3)o2)c1C. The molecule has 1 fully saturated rings. The van der Waals surface area contributed by atoms with Crippen LogP contribution in [0.2, 0.25) is 0 Å². The molecule has 1 aromatic heterocycles.